The first-order valence-corrected chi connectivity index (χ1v) is 6.10. The Morgan fingerprint density at radius 2 is 1.54 bits per heavy atom. The van der Waals surface area contributed by atoms with E-state index in [-0.39, 0.29) is 0 Å². The minimum atomic E-state index is 0.874. The third-order valence-electron chi connectivity index (χ3n) is 2.90. The molecule has 0 aromatic heterocycles. The van der Waals surface area contributed by atoms with Gasteiger partial charge in [-0.25, -0.2) is 0 Å². The van der Waals surface area contributed by atoms with Crippen LogP contribution in [0.4, 0.5) is 0 Å². The van der Waals surface area contributed by atoms with Gasteiger partial charge in [-0.1, -0.05) is 53.9 Å². The predicted molar refractivity (Wildman–Crippen MR) is 61.9 cm³/mol. The highest BCUT2D eigenvalue weighted by atomic mass is 14.2. The van der Waals surface area contributed by atoms with Gasteiger partial charge in [0.25, 0.3) is 0 Å². The van der Waals surface area contributed by atoms with E-state index in [9.17, 15) is 0 Å². The third-order valence-corrected chi connectivity index (χ3v) is 2.90. The summed E-state index contributed by atoms with van der Waals surface area (Å²) in [7, 11) is 0. The molecule has 0 bridgehead atoms. The summed E-state index contributed by atoms with van der Waals surface area (Å²) < 4.78 is 0. The van der Waals surface area contributed by atoms with Crippen LogP contribution < -0.4 is 0 Å². The second kappa shape index (κ2) is 7.41. The largest absolute Gasteiger partial charge is 0.0654 e. The highest BCUT2D eigenvalue weighted by molar-refractivity contribution is 4.64. The highest BCUT2D eigenvalue weighted by Crippen LogP contribution is 2.24. The summed E-state index contributed by atoms with van der Waals surface area (Å²) in [5.74, 6) is 2.79. The van der Waals surface area contributed by atoms with Gasteiger partial charge in [0.05, 0.1) is 0 Å². The van der Waals surface area contributed by atoms with Gasteiger partial charge in [-0.05, 0) is 30.6 Å². The number of rotatable bonds is 7. The molecule has 0 fully saturated rings. The van der Waals surface area contributed by atoms with Gasteiger partial charge < -0.3 is 0 Å². The van der Waals surface area contributed by atoms with Crippen molar-refractivity contribution in [2.45, 2.75) is 66.7 Å². The van der Waals surface area contributed by atoms with Crippen molar-refractivity contribution in [3.8, 4) is 0 Å². The van der Waals surface area contributed by atoms with Crippen molar-refractivity contribution in [1.29, 1.82) is 0 Å². The SMILES string of the molecule is CCCC(C)CC(CC)CC(C)C. The molecule has 13 heavy (non-hydrogen) atoms. The molecule has 0 heterocycles. The fourth-order valence-corrected chi connectivity index (χ4v) is 2.28. The topological polar surface area (TPSA) is 0 Å². The van der Waals surface area contributed by atoms with Crippen molar-refractivity contribution in [1.82, 2.24) is 0 Å². The summed E-state index contributed by atoms with van der Waals surface area (Å²) in [4.78, 5) is 0. The van der Waals surface area contributed by atoms with Crippen LogP contribution in [-0.2, 0) is 0 Å². The van der Waals surface area contributed by atoms with Gasteiger partial charge in [0.15, 0.2) is 0 Å². The lowest BCUT2D eigenvalue weighted by molar-refractivity contribution is 0.313. The van der Waals surface area contributed by atoms with Crippen LogP contribution in [0.5, 0.6) is 0 Å². The molecule has 0 aliphatic heterocycles. The van der Waals surface area contributed by atoms with Crippen molar-refractivity contribution in [2.24, 2.45) is 17.8 Å². The van der Waals surface area contributed by atoms with E-state index in [1.54, 1.807) is 0 Å². The van der Waals surface area contributed by atoms with Crippen molar-refractivity contribution in [2.75, 3.05) is 0 Å². The third kappa shape index (κ3) is 7.10. The zero-order chi connectivity index (χ0) is 10.3. The molecular formula is C13H28. The van der Waals surface area contributed by atoms with Crippen molar-refractivity contribution >= 4 is 0 Å². The van der Waals surface area contributed by atoms with E-state index in [1.807, 2.05) is 0 Å². The van der Waals surface area contributed by atoms with Crippen LogP contribution in [0.1, 0.15) is 66.7 Å². The Bertz CT molecular complexity index is 105. The molecule has 0 spiro atoms. The molecule has 0 radical (unpaired) electrons. The van der Waals surface area contributed by atoms with Gasteiger partial charge in [0.2, 0.25) is 0 Å². The van der Waals surface area contributed by atoms with E-state index in [0.717, 1.165) is 17.8 Å². The standard InChI is InChI=1S/C13H28/c1-6-8-12(5)10-13(7-2)9-11(3)4/h11-13H,6-10H2,1-5H3. The zero-order valence-electron chi connectivity index (χ0n) is 10.3. The van der Waals surface area contributed by atoms with Crippen LogP contribution in [0, 0.1) is 17.8 Å². The fraction of sp³-hybridized carbons (Fsp3) is 1.00. The summed E-state index contributed by atoms with van der Waals surface area (Å²) in [5.41, 5.74) is 0. The van der Waals surface area contributed by atoms with Gasteiger partial charge in [-0.3, -0.25) is 0 Å². The average molecular weight is 184 g/mol. The Hall–Kier alpha value is 0. The summed E-state index contributed by atoms with van der Waals surface area (Å²) in [6.07, 6.45) is 6.99. The zero-order valence-corrected chi connectivity index (χ0v) is 10.3. The molecule has 0 heteroatoms. The molecule has 0 saturated carbocycles. The quantitative estimate of drug-likeness (QED) is 0.528. The summed E-state index contributed by atoms with van der Waals surface area (Å²) in [6, 6.07) is 0. The highest BCUT2D eigenvalue weighted by Gasteiger charge is 2.12. The first-order chi connectivity index (χ1) is 6.10. The Morgan fingerprint density at radius 1 is 0.923 bits per heavy atom. The Balaban J connectivity index is 3.69. The molecule has 0 nitrogen and oxygen atoms in total. The molecule has 80 valence electrons. The van der Waals surface area contributed by atoms with Crippen LogP contribution >= 0.6 is 0 Å². The van der Waals surface area contributed by atoms with E-state index in [1.165, 1.54) is 32.1 Å². The predicted octanol–water partition coefficient (Wildman–Crippen LogP) is 4.89. The van der Waals surface area contributed by atoms with Gasteiger partial charge in [0.1, 0.15) is 0 Å². The van der Waals surface area contributed by atoms with Crippen molar-refractivity contribution < 1.29 is 0 Å². The maximum absolute atomic E-state index is 2.41. The molecule has 2 unspecified atom stereocenters. The van der Waals surface area contributed by atoms with E-state index < -0.39 is 0 Å². The molecule has 0 N–H and O–H groups in total. The van der Waals surface area contributed by atoms with Crippen LogP contribution in [0.3, 0.4) is 0 Å². The average Bonchev–Trinajstić information content (AvgIpc) is 2.02. The van der Waals surface area contributed by atoms with Gasteiger partial charge >= 0.3 is 0 Å². The maximum atomic E-state index is 2.41. The monoisotopic (exact) mass is 184 g/mol. The first kappa shape index (κ1) is 13.0. The van der Waals surface area contributed by atoms with Gasteiger partial charge in [-0.2, -0.15) is 0 Å². The van der Waals surface area contributed by atoms with Crippen molar-refractivity contribution in [3.63, 3.8) is 0 Å². The minimum absolute atomic E-state index is 0.874. The molecule has 0 saturated heterocycles. The summed E-state index contributed by atoms with van der Waals surface area (Å²) in [5, 5.41) is 0. The van der Waals surface area contributed by atoms with Crippen LogP contribution in [0.25, 0.3) is 0 Å². The molecule has 0 aromatic rings. The first-order valence-electron chi connectivity index (χ1n) is 6.10. The van der Waals surface area contributed by atoms with Gasteiger partial charge in [-0.15, -0.1) is 0 Å². The lowest BCUT2D eigenvalue weighted by Crippen LogP contribution is -2.08. The summed E-state index contributed by atoms with van der Waals surface area (Å²) in [6.45, 7) is 11.7. The van der Waals surface area contributed by atoms with Crippen LogP contribution in [0.15, 0.2) is 0 Å². The lowest BCUT2D eigenvalue weighted by Gasteiger charge is -2.20. The Morgan fingerprint density at radius 3 is 1.92 bits per heavy atom. The molecule has 0 aliphatic rings. The van der Waals surface area contributed by atoms with Crippen molar-refractivity contribution in [3.05, 3.63) is 0 Å². The Kier molecular flexibility index (Phi) is 7.41. The molecule has 2 atom stereocenters. The van der Waals surface area contributed by atoms with E-state index in [4.69, 9.17) is 0 Å². The summed E-state index contributed by atoms with van der Waals surface area (Å²) >= 11 is 0. The Labute approximate surface area is 85.1 Å². The van der Waals surface area contributed by atoms with E-state index in [0.29, 0.717) is 0 Å². The maximum Gasteiger partial charge on any atom is -0.0412 e. The second-order valence-electron chi connectivity index (χ2n) is 5.03. The van der Waals surface area contributed by atoms with Gasteiger partial charge in [0, 0.05) is 0 Å². The fourth-order valence-electron chi connectivity index (χ4n) is 2.28. The molecule has 0 amide bonds. The van der Waals surface area contributed by atoms with Crippen LogP contribution in [0.2, 0.25) is 0 Å². The molecule has 0 aromatic carbocycles. The second-order valence-corrected chi connectivity index (χ2v) is 5.03. The van der Waals surface area contributed by atoms with E-state index in [2.05, 4.69) is 34.6 Å². The smallest absolute Gasteiger partial charge is 0.0412 e. The molecular weight excluding hydrogens is 156 g/mol. The minimum Gasteiger partial charge on any atom is -0.0654 e. The molecule has 0 aliphatic carbocycles. The van der Waals surface area contributed by atoms with E-state index >= 15 is 0 Å². The van der Waals surface area contributed by atoms with Crippen LogP contribution in [-0.4, -0.2) is 0 Å². The normalized spacial score (nSPS) is 16.2. The molecule has 0 rings (SSSR count). The number of hydrogen-bond donors (Lipinski definition) is 0. The number of hydrogen-bond acceptors (Lipinski definition) is 0. The lowest BCUT2D eigenvalue weighted by atomic mass is 9.85.